The molecule has 4 rings (SSSR count). The lowest BCUT2D eigenvalue weighted by Crippen LogP contribution is -2.58. The summed E-state index contributed by atoms with van der Waals surface area (Å²) in [7, 11) is 0. The number of carboxylic acids is 1. The summed E-state index contributed by atoms with van der Waals surface area (Å²) in [6.45, 7) is 0.850. The third kappa shape index (κ3) is 3.77. The fourth-order valence-electron chi connectivity index (χ4n) is 3.57. The second kappa shape index (κ2) is 8.10. The van der Waals surface area contributed by atoms with Crippen LogP contribution in [0, 0.1) is 0 Å². The molecular formula is C21H21NO6. The van der Waals surface area contributed by atoms with Gasteiger partial charge in [-0.15, -0.1) is 0 Å². The lowest BCUT2D eigenvalue weighted by molar-refractivity contribution is -0.183. The number of hydrogen-bond donors (Lipinski definition) is 1. The number of rotatable bonds is 7. The van der Waals surface area contributed by atoms with Gasteiger partial charge in [-0.05, 0) is 11.1 Å². The molecule has 7 heteroatoms. The monoisotopic (exact) mass is 383 g/mol. The molecule has 0 saturated carbocycles. The molecule has 146 valence electrons. The van der Waals surface area contributed by atoms with E-state index in [-0.39, 0.29) is 12.5 Å². The van der Waals surface area contributed by atoms with Gasteiger partial charge >= 0.3 is 5.97 Å². The highest BCUT2D eigenvalue weighted by Crippen LogP contribution is 2.33. The van der Waals surface area contributed by atoms with Crippen LogP contribution in [0.15, 0.2) is 60.7 Å². The van der Waals surface area contributed by atoms with E-state index in [1.54, 1.807) is 4.90 Å². The first-order valence-electron chi connectivity index (χ1n) is 9.13. The molecule has 2 bridgehead atoms. The molecule has 2 aliphatic rings. The van der Waals surface area contributed by atoms with Gasteiger partial charge in [-0.1, -0.05) is 60.7 Å². The van der Waals surface area contributed by atoms with E-state index in [4.69, 9.17) is 14.2 Å². The largest absolute Gasteiger partial charge is 0.479 e. The Morgan fingerprint density at radius 1 is 1.00 bits per heavy atom. The van der Waals surface area contributed by atoms with Gasteiger partial charge in [0.15, 0.2) is 6.10 Å². The highest BCUT2D eigenvalue weighted by atomic mass is 16.7. The highest BCUT2D eigenvalue weighted by Gasteiger charge is 2.55. The normalized spacial score (nSPS) is 26.4. The maximum absolute atomic E-state index is 12.8. The van der Waals surface area contributed by atoms with Crippen molar-refractivity contribution in [2.45, 2.75) is 37.7 Å². The van der Waals surface area contributed by atoms with Crippen molar-refractivity contribution in [3.05, 3.63) is 71.8 Å². The van der Waals surface area contributed by atoms with E-state index >= 15 is 0 Å². The van der Waals surface area contributed by atoms with Gasteiger partial charge in [-0.2, -0.15) is 0 Å². The molecule has 28 heavy (non-hydrogen) atoms. The molecule has 2 aliphatic heterocycles. The number of carbonyl (C=O) groups is 2. The van der Waals surface area contributed by atoms with Crippen LogP contribution in [0.3, 0.4) is 0 Å². The summed E-state index contributed by atoms with van der Waals surface area (Å²) >= 11 is 0. The van der Waals surface area contributed by atoms with Crippen molar-refractivity contribution < 1.29 is 28.9 Å². The molecule has 0 spiro atoms. The van der Waals surface area contributed by atoms with Gasteiger partial charge in [0.1, 0.15) is 6.10 Å². The second-order valence-corrected chi connectivity index (χ2v) is 6.85. The summed E-state index contributed by atoms with van der Waals surface area (Å²) in [5.74, 6) is -1.52. The van der Waals surface area contributed by atoms with Crippen LogP contribution in [0.2, 0.25) is 0 Å². The Morgan fingerprint density at radius 3 is 2.29 bits per heavy atom. The van der Waals surface area contributed by atoms with Crippen LogP contribution in [0.25, 0.3) is 0 Å². The zero-order chi connectivity index (χ0) is 19.5. The Labute approximate surface area is 162 Å². The molecule has 1 N–H and O–H groups in total. The number of carboxylic acid groups (broad SMARTS) is 1. The zero-order valence-corrected chi connectivity index (χ0v) is 15.1. The van der Waals surface area contributed by atoms with Crippen LogP contribution in [0.5, 0.6) is 0 Å². The third-order valence-corrected chi connectivity index (χ3v) is 4.95. The van der Waals surface area contributed by atoms with Crippen molar-refractivity contribution >= 4 is 11.9 Å². The quantitative estimate of drug-likeness (QED) is 0.785. The summed E-state index contributed by atoms with van der Waals surface area (Å²) in [6, 6.07) is 18.6. The number of morpholine rings is 1. The summed E-state index contributed by atoms with van der Waals surface area (Å²) in [6.07, 6.45) is -3.15. The van der Waals surface area contributed by atoms with Crippen molar-refractivity contribution in [1.29, 1.82) is 0 Å². The van der Waals surface area contributed by atoms with Crippen LogP contribution in [-0.4, -0.2) is 53.0 Å². The Kier molecular flexibility index (Phi) is 5.38. The minimum Gasteiger partial charge on any atom is -0.479 e. The molecule has 0 radical (unpaired) electrons. The molecule has 2 aromatic rings. The molecule has 4 atom stereocenters. The average Bonchev–Trinajstić information content (AvgIpc) is 3.12. The second-order valence-electron chi connectivity index (χ2n) is 6.85. The van der Waals surface area contributed by atoms with Gasteiger partial charge in [0, 0.05) is 6.54 Å². The fraction of sp³-hybridized carbons (Fsp3) is 0.333. The van der Waals surface area contributed by atoms with Gasteiger partial charge in [0.05, 0.1) is 19.3 Å². The lowest BCUT2D eigenvalue weighted by atomic mass is 10.0. The SMILES string of the molecule is O=C(O)[C@@H]1O[C@@H]2O[C@@H]1[C@H](COCc1ccccc1)N(Cc1ccccc1)C2=O. The van der Waals surface area contributed by atoms with E-state index in [0.717, 1.165) is 11.1 Å². The van der Waals surface area contributed by atoms with Gasteiger partial charge in [0.25, 0.3) is 5.91 Å². The zero-order valence-electron chi connectivity index (χ0n) is 15.1. The van der Waals surface area contributed by atoms with E-state index in [2.05, 4.69) is 0 Å². The molecule has 0 aromatic heterocycles. The molecule has 0 unspecified atom stereocenters. The Morgan fingerprint density at radius 2 is 1.64 bits per heavy atom. The van der Waals surface area contributed by atoms with Crippen molar-refractivity contribution in [1.82, 2.24) is 4.90 Å². The lowest BCUT2D eigenvalue weighted by Gasteiger charge is -2.38. The number of ether oxygens (including phenoxy) is 3. The van der Waals surface area contributed by atoms with Crippen molar-refractivity contribution in [3.8, 4) is 0 Å². The molecule has 0 aliphatic carbocycles. The molecule has 7 nitrogen and oxygen atoms in total. The highest BCUT2D eigenvalue weighted by molar-refractivity contribution is 5.84. The first-order chi connectivity index (χ1) is 13.6. The van der Waals surface area contributed by atoms with Crippen LogP contribution in [0.1, 0.15) is 11.1 Å². The Hall–Kier alpha value is -2.74. The summed E-state index contributed by atoms with van der Waals surface area (Å²) in [5, 5.41) is 9.47. The third-order valence-electron chi connectivity index (χ3n) is 4.95. The number of fused-ring (bicyclic) bond motifs is 2. The van der Waals surface area contributed by atoms with E-state index in [0.29, 0.717) is 13.2 Å². The number of nitrogens with zero attached hydrogens (tertiary/aromatic N) is 1. The first kappa shape index (κ1) is 18.6. The number of hydrogen-bond acceptors (Lipinski definition) is 5. The Balaban J connectivity index is 1.53. The number of benzene rings is 2. The molecule has 2 fully saturated rings. The molecule has 2 saturated heterocycles. The number of amides is 1. The van der Waals surface area contributed by atoms with E-state index in [1.807, 2.05) is 60.7 Å². The van der Waals surface area contributed by atoms with E-state index in [1.165, 1.54) is 0 Å². The van der Waals surface area contributed by atoms with Gasteiger partial charge in [0.2, 0.25) is 6.29 Å². The van der Waals surface area contributed by atoms with Crippen molar-refractivity contribution in [3.63, 3.8) is 0 Å². The number of carbonyl (C=O) groups excluding carboxylic acids is 1. The Bertz CT molecular complexity index is 827. The molecule has 1 amide bonds. The van der Waals surface area contributed by atoms with Crippen LogP contribution in [-0.2, 0) is 37.0 Å². The summed E-state index contributed by atoms with van der Waals surface area (Å²) in [4.78, 5) is 26.0. The van der Waals surface area contributed by atoms with Crippen LogP contribution >= 0.6 is 0 Å². The van der Waals surface area contributed by atoms with Gasteiger partial charge in [-0.3, -0.25) is 4.79 Å². The predicted octanol–water partition coefficient (Wildman–Crippen LogP) is 1.81. The molecular weight excluding hydrogens is 362 g/mol. The molecule has 2 heterocycles. The maximum atomic E-state index is 12.8. The smallest absolute Gasteiger partial charge is 0.335 e. The first-order valence-corrected chi connectivity index (χ1v) is 9.13. The average molecular weight is 383 g/mol. The maximum Gasteiger partial charge on any atom is 0.335 e. The van der Waals surface area contributed by atoms with Crippen molar-refractivity contribution in [2.75, 3.05) is 6.61 Å². The molecule has 2 aromatic carbocycles. The summed E-state index contributed by atoms with van der Waals surface area (Å²) < 4.78 is 16.8. The number of aliphatic carboxylic acids is 1. The minimum atomic E-state index is -1.19. The predicted molar refractivity (Wildman–Crippen MR) is 98.0 cm³/mol. The minimum absolute atomic E-state index is 0.151. The fourth-order valence-corrected chi connectivity index (χ4v) is 3.57. The van der Waals surface area contributed by atoms with E-state index < -0.39 is 30.5 Å². The summed E-state index contributed by atoms with van der Waals surface area (Å²) in [5.41, 5.74) is 1.94. The van der Waals surface area contributed by atoms with Gasteiger partial charge < -0.3 is 24.2 Å². The van der Waals surface area contributed by atoms with Gasteiger partial charge in [-0.25, -0.2) is 4.79 Å². The van der Waals surface area contributed by atoms with Crippen LogP contribution < -0.4 is 0 Å². The van der Waals surface area contributed by atoms with Crippen molar-refractivity contribution in [2.24, 2.45) is 0 Å². The van der Waals surface area contributed by atoms with E-state index in [9.17, 15) is 14.7 Å². The van der Waals surface area contributed by atoms with Crippen LogP contribution in [0.4, 0.5) is 0 Å². The topological polar surface area (TPSA) is 85.3 Å². The standard InChI is InChI=1S/C21H21NO6/c23-19-21-27-17(18(28-21)20(24)25)16(13-26-12-15-9-5-2-6-10-15)22(19)11-14-7-3-1-4-8-14/h1-10,16-18,21H,11-13H2,(H,24,25)/t16-,17+,18+,21-/m0/s1.